The second kappa shape index (κ2) is 11.9. The lowest BCUT2D eigenvalue weighted by molar-refractivity contribution is 0.133. The van der Waals surface area contributed by atoms with Crippen LogP contribution in [0.4, 0.5) is 0 Å². The van der Waals surface area contributed by atoms with Crippen molar-refractivity contribution in [2.45, 2.75) is 40.5 Å². The van der Waals surface area contributed by atoms with E-state index in [9.17, 15) is 0 Å². The number of unbranched alkanes of at least 4 members (excludes halogenated alkanes) is 1. The van der Waals surface area contributed by atoms with Crippen molar-refractivity contribution in [3.05, 3.63) is 32.7 Å². The average molecular weight is 457 g/mol. The minimum atomic E-state index is 0.0129. The van der Waals surface area contributed by atoms with Crippen LogP contribution in [0.15, 0.2) is 27.9 Å². The van der Waals surface area contributed by atoms with Gasteiger partial charge in [0.1, 0.15) is 23.5 Å². The standard InChI is InChI=1S/C19H25Cl4NO3/c1-13(19(2,3)4)24-27-9-6-5-8-26-18-15(20)11-14(12-16(18)21)25-10-7-17(22)23/h7,11-12H,5-6,8-10H2,1-4H3. The van der Waals surface area contributed by atoms with Gasteiger partial charge >= 0.3 is 0 Å². The summed E-state index contributed by atoms with van der Waals surface area (Å²) in [5, 5.41) is 4.87. The van der Waals surface area contributed by atoms with Gasteiger partial charge < -0.3 is 14.3 Å². The van der Waals surface area contributed by atoms with Crippen molar-refractivity contribution in [1.29, 1.82) is 0 Å². The number of ether oxygens (including phenoxy) is 2. The smallest absolute Gasteiger partial charge is 0.156 e. The summed E-state index contributed by atoms with van der Waals surface area (Å²) in [5.41, 5.74) is 0.974. The van der Waals surface area contributed by atoms with Gasteiger partial charge in [-0.25, -0.2) is 0 Å². The molecule has 0 unspecified atom stereocenters. The van der Waals surface area contributed by atoms with Gasteiger partial charge in [-0.3, -0.25) is 0 Å². The zero-order valence-corrected chi connectivity index (χ0v) is 19.0. The Morgan fingerprint density at radius 2 is 1.63 bits per heavy atom. The van der Waals surface area contributed by atoms with Gasteiger partial charge in [0, 0.05) is 17.5 Å². The highest BCUT2D eigenvalue weighted by molar-refractivity contribution is 6.55. The summed E-state index contributed by atoms with van der Waals surface area (Å²) >= 11 is 23.5. The van der Waals surface area contributed by atoms with Gasteiger partial charge in [-0.05, 0) is 25.8 Å². The summed E-state index contributed by atoms with van der Waals surface area (Å²) in [7, 11) is 0. The molecule has 0 saturated heterocycles. The van der Waals surface area contributed by atoms with Gasteiger partial charge in [0.15, 0.2) is 5.75 Å². The molecule has 1 rings (SSSR count). The Labute approximate surface area is 181 Å². The van der Waals surface area contributed by atoms with Gasteiger partial charge in [-0.1, -0.05) is 72.3 Å². The summed E-state index contributed by atoms with van der Waals surface area (Å²) in [6.45, 7) is 9.45. The fourth-order valence-corrected chi connectivity index (χ4v) is 2.38. The number of halogens is 4. The molecule has 4 nitrogen and oxygen atoms in total. The molecule has 0 fully saturated rings. The third-order valence-electron chi connectivity index (χ3n) is 3.62. The number of hydrogen-bond donors (Lipinski definition) is 0. The van der Waals surface area contributed by atoms with E-state index in [1.165, 1.54) is 6.08 Å². The lowest BCUT2D eigenvalue weighted by Crippen LogP contribution is -2.17. The van der Waals surface area contributed by atoms with Crippen LogP contribution >= 0.6 is 46.4 Å². The third kappa shape index (κ3) is 9.79. The summed E-state index contributed by atoms with van der Waals surface area (Å²) in [5.74, 6) is 0.933. The first-order valence-electron chi connectivity index (χ1n) is 8.54. The van der Waals surface area contributed by atoms with Crippen LogP contribution < -0.4 is 9.47 Å². The second-order valence-electron chi connectivity index (χ2n) is 6.84. The van der Waals surface area contributed by atoms with Gasteiger partial charge in [-0.15, -0.1) is 0 Å². The van der Waals surface area contributed by atoms with Crippen molar-refractivity contribution < 1.29 is 14.3 Å². The molecule has 0 aliphatic heterocycles. The van der Waals surface area contributed by atoms with E-state index in [0.717, 1.165) is 18.6 Å². The Morgan fingerprint density at radius 1 is 1.04 bits per heavy atom. The molecule has 27 heavy (non-hydrogen) atoms. The first-order chi connectivity index (χ1) is 12.6. The van der Waals surface area contributed by atoms with Crippen LogP contribution in [0.5, 0.6) is 11.5 Å². The quantitative estimate of drug-likeness (QED) is 0.211. The molecule has 0 aromatic heterocycles. The molecule has 0 aliphatic carbocycles. The van der Waals surface area contributed by atoms with Gasteiger partial charge in [0.25, 0.3) is 0 Å². The molecular formula is C19H25Cl4NO3. The van der Waals surface area contributed by atoms with E-state index >= 15 is 0 Å². The lowest BCUT2D eigenvalue weighted by Gasteiger charge is -2.17. The SMILES string of the molecule is CC(=NOCCCCOc1c(Cl)cc(OCC=C(Cl)Cl)cc1Cl)C(C)(C)C. The van der Waals surface area contributed by atoms with Crippen molar-refractivity contribution in [2.24, 2.45) is 10.6 Å². The predicted octanol–water partition coefficient (Wildman–Crippen LogP) is 7.29. The Bertz CT molecular complexity index is 642. The number of nitrogens with zero attached hydrogens (tertiary/aromatic N) is 1. The number of rotatable bonds is 10. The topological polar surface area (TPSA) is 40.0 Å². The highest BCUT2D eigenvalue weighted by Crippen LogP contribution is 2.37. The van der Waals surface area contributed by atoms with E-state index in [4.69, 9.17) is 60.7 Å². The van der Waals surface area contributed by atoms with Crippen LogP contribution in [-0.2, 0) is 4.84 Å². The fraction of sp³-hybridized carbons (Fsp3) is 0.526. The molecule has 0 saturated carbocycles. The van der Waals surface area contributed by atoms with Crippen LogP contribution in [0.2, 0.25) is 10.0 Å². The van der Waals surface area contributed by atoms with Gasteiger partial charge in [0.05, 0.1) is 22.4 Å². The summed E-state index contributed by atoms with van der Waals surface area (Å²) < 4.78 is 11.3. The molecule has 0 amide bonds. The minimum absolute atomic E-state index is 0.0129. The lowest BCUT2D eigenvalue weighted by atomic mass is 9.91. The van der Waals surface area contributed by atoms with Gasteiger partial charge in [0.2, 0.25) is 0 Å². The van der Waals surface area contributed by atoms with E-state index in [2.05, 4.69) is 25.9 Å². The number of oxime groups is 1. The largest absolute Gasteiger partial charge is 0.490 e. The molecular weight excluding hydrogens is 432 g/mol. The Balaban J connectivity index is 2.39. The zero-order valence-electron chi connectivity index (χ0n) is 16.0. The number of hydrogen-bond acceptors (Lipinski definition) is 4. The number of benzene rings is 1. The molecule has 0 aliphatic rings. The van der Waals surface area contributed by atoms with Crippen LogP contribution in [0.1, 0.15) is 40.5 Å². The maximum absolute atomic E-state index is 6.22. The van der Waals surface area contributed by atoms with Crippen molar-refractivity contribution in [3.63, 3.8) is 0 Å². The van der Waals surface area contributed by atoms with Crippen molar-refractivity contribution in [3.8, 4) is 11.5 Å². The first-order valence-corrected chi connectivity index (χ1v) is 10.0. The average Bonchev–Trinajstić information content (AvgIpc) is 2.54. The third-order valence-corrected chi connectivity index (χ3v) is 4.49. The predicted molar refractivity (Wildman–Crippen MR) is 115 cm³/mol. The van der Waals surface area contributed by atoms with Gasteiger partial charge in [-0.2, -0.15) is 0 Å². The molecule has 0 spiro atoms. The summed E-state index contributed by atoms with van der Waals surface area (Å²) in [6, 6.07) is 3.26. The van der Waals surface area contributed by atoms with E-state index < -0.39 is 0 Å². The molecule has 8 heteroatoms. The van der Waals surface area contributed by atoms with Crippen LogP contribution in [0.25, 0.3) is 0 Å². The monoisotopic (exact) mass is 455 g/mol. The Morgan fingerprint density at radius 3 is 2.19 bits per heavy atom. The van der Waals surface area contributed by atoms with E-state index in [-0.39, 0.29) is 16.5 Å². The second-order valence-corrected chi connectivity index (χ2v) is 8.66. The van der Waals surface area contributed by atoms with Crippen molar-refractivity contribution in [1.82, 2.24) is 0 Å². The van der Waals surface area contributed by atoms with Crippen molar-refractivity contribution in [2.75, 3.05) is 19.8 Å². The highest BCUT2D eigenvalue weighted by atomic mass is 35.5. The van der Waals surface area contributed by atoms with E-state index in [0.29, 0.717) is 34.8 Å². The van der Waals surface area contributed by atoms with Crippen molar-refractivity contribution >= 4 is 52.1 Å². The Hall–Kier alpha value is -0.810. The summed E-state index contributed by atoms with van der Waals surface area (Å²) in [4.78, 5) is 5.33. The molecule has 0 atom stereocenters. The maximum atomic E-state index is 6.22. The molecule has 0 bridgehead atoms. The molecule has 0 N–H and O–H groups in total. The Kier molecular flexibility index (Phi) is 10.7. The highest BCUT2D eigenvalue weighted by Gasteiger charge is 2.14. The molecule has 0 radical (unpaired) electrons. The van der Waals surface area contributed by atoms with E-state index in [1.54, 1.807) is 12.1 Å². The van der Waals surface area contributed by atoms with Crippen LogP contribution in [-0.4, -0.2) is 25.5 Å². The molecule has 1 aromatic carbocycles. The minimum Gasteiger partial charge on any atom is -0.490 e. The molecule has 152 valence electrons. The normalized spacial score (nSPS) is 11.9. The van der Waals surface area contributed by atoms with Crippen LogP contribution in [0, 0.1) is 5.41 Å². The van der Waals surface area contributed by atoms with E-state index in [1.807, 2.05) is 6.92 Å². The first kappa shape index (κ1) is 24.2. The fourth-order valence-electron chi connectivity index (χ4n) is 1.68. The zero-order chi connectivity index (χ0) is 20.4. The molecule has 0 heterocycles. The summed E-state index contributed by atoms with van der Waals surface area (Å²) in [6.07, 6.45) is 3.11. The maximum Gasteiger partial charge on any atom is 0.156 e. The molecule has 1 aromatic rings. The van der Waals surface area contributed by atoms with Crippen LogP contribution in [0.3, 0.4) is 0 Å².